The molecule has 13 rings (SSSR count). The minimum atomic E-state index is -0.422. The number of rotatable bonds is 4. The molecule has 0 aliphatic heterocycles. The maximum atomic E-state index is 6.85. The van der Waals surface area contributed by atoms with Crippen molar-refractivity contribution in [3.05, 3.63) is 234 Å². The maximum absolute atomic E-state index is 6.85. The predicted molar refractivity (Wildman–Crippen MR) is 264 cm³/mol. The number of hydrogen-bond acceptors (Lipinski definition) is 2. The number of hydrogen-bond donors (Lipinski definition) is 0. The third kappa shape index (κ3) is 4.95. The Morgan fingerprint density at radius 1 is 0.397 bits per heavy atom. The van der Waals surface area contributed by atoms with Crippen molar-refractivity contribution in [2.24, 2.45) is 0 Å². The average molecular weight is 806 g/mol. The molecule has 0 N–H and O–H groups in total. The molecule has 0 unspecified atom stereocenters. The zero-order valence-electron chi connectivity index (χ0n) is 35.5. The molecule has 2 aliphatic rings. The smallest absolute Gasteiger partial charge is 0.143 e. The minimum absolute atomic E-state index is 0.0481. The molecule has 0 saturated carbocycles. The number of anilines is 3. The Balaban J connectivity index is 1.14. The highest BCUT2D eigenvalue weighted by Gasteiger charge is 2.51. The molecule has 2 nitrogen and oxygen atoms in total. The predicted octanol–water partition coefficient (Wildman–Crippen LogP) is 16.7. The van der Waals surface area contributed by atoms with E-state index in [0.717, 1.165) is 50.1 Å². The lowest BCUT2D eigenvalue weighted by Crippen LogP contribution is -2.25. The van der Waals surface area contributed by atoms with Gasteiger partial charge in [-0.2, -0.15) is 0 Å². The van der Waals surface area contributed by atoms with Gasteiger partial charge in [-0.1, -0.05) is 197 Å². The molecule has 1 aromatic heterocycles. The van der Waals surface area contributed by atoms with Crippen LogP contribution in [0.15, 0.2) is 211 Å². The van der Waals surface area contributed by atoms with Gasteiger partial charge in [0.05, 0.1) is 16.8 Å². The third-order valence-corrected chi connectivity index (χ3v) is 14.0. The lowest BCUT2D eigenvalue weighted by atomic mass is 9.70. The van der Waals surface area contributed by atoms with Gasteiger partial charge in [-0.25, -0.2) is 0 Å². The highest BCUT2D eigenvalue weighted by molar-refractivity contribution is 6.16. The second-order valence-electron chi connectivity index (χ2n) is 18.3. The van der Waals surface area contributed by atoms with Gasteiger partial charge in [-0.05, 0) is 102 Å². The van der Waals surface area contributed by atoms with Crippen molar-refractivity contribution < 1.29 is 4.42 Å². The van der Waals surface area contributed by atoms with E-state index in [1.807, 2.05) is 0 Å². The summed E-state index contributed by atoms with van der Waals surface area (Å²) in [7, 11) is 0. The van der Waals surface area contributed by atoms with Crippen molar-refractivity contribution >= 4 is 60.5 Å². The SMILES string of the molecule is CC(C)(C)c1ccc(N(c2ccc3c(c2)-c2ccccc2C32c3ccccc3-c3ccccc32)c2ccc3ccccc3c2-c2cccc3c2oc2ccccc23)c2ccccc12. The van der Waals surface area contributed by atoms with Crippen molar-refractivity contribution in [1.29, 1.82) is 0 Å². The first-order valence-electron chi connectivity index (χ1n) is 22.1. The van der Waals surface area contributed by atoms with Gasteiger partial charge in [0.1, 0.15) is 11.2 Å². The quantitative estimate of drug-likeness (QED) is 0.176. The number of fused-ring (bicyclic) bond motifs is 15. The molecule has 0 amide bonds. The molecule has 2 aliphatic carbocycles. The van der Waals surface area contributed by atoms with Crippen molar-refractivity contribution in [3.63, 3.8) is 0 Å². The average Bonchev–Trinajstić information content (AvgIpc) is 3.95. The molecule has 0 fully saturated rings. The van der Waals surface area contributed by atoms with Crippen LogP contribution in [0.25, 0.3) is 76.9 Å². The summed E-state index contributed by atoms with van der Waals surface area (Å²) in [6.45, 7) is 6.94. The van der Waals surface area contributed by atoms with Gasteiger partial charge in [-0.15, -0.1) is 0 Å². The Morgan fingerprint density at radius 3 is 1.65 bits per heavy atom. The number of nitrogens with zero attached hydrogens (tertiary/aromatic N) is 1. The molecule has 0 saturated heterocycles. The second-order valence-corrected chi connectivity index (χ2v) is 18.3. The van der Waals surface area contributed by atoms with Crippen LogP contribution in [0.5, 0.6) is 0 Å². The van der Waals surface area contributed by atoms with Crippen molar-refractivity contribution in [2.75, 3.05) is 4.90 Å². The Bertz CT molecular complexity index is 3650. The van der Waals surface area contributed by atoms with Gasteiger partial charge in [0.15, 0.2) is 0 Å². The van der Waals surface area contributed by atoms with Gasteiger partial charge in [0, 0.05) is 33.0 Å². The Kier molecular flexibility index (Phi) is 7.52. The van der Waals surface area contributed by atoms with Crippen LogP contribution in [0.4, 0.5) is 17.1 Å². The first-order chi connectivity index (χ1) is 30.9. The van der Waals surface area contributed by atoms with E-state index >= 15 is 0 Å². The number of para-hydroxylation sites is 2. The fourth-order valence-electron chi connectivity index (χ4n) is 11.4. The Morgan fingerprint density at radius 2 is 0.937 bits per heavy atom. The summed E-state index contributed by atoms with van der Waals surface area (Å²) in [5.74, 6) is 0. The fraction of sp³-hybridized carbons (Fsp3) is 0.0820. The lowest BCUT2D eigenvalue weighted by molar-refractivity contribution is 0.596. The summed E-state index contributed by atoms with van der Waals surface area (Å²) in [4.78, 5) is 2.53. The molecule has 1 spiro atoms. The van der Waals surface area contributed by atoms with E-state index < -0.39 is 5.41 Å². The van der Waals surface area contributed by atoms with Crippen LogP contribution >= 0.6 is 0 Å². The van der Waals surface area contributed by atoms with E-state index in [0.29, 0.717) is 0 Å². The molecule has 298 valence electrons. The van der Waals surface area contributed by atoms with Crippen molar-refractivity contribution in [3.8, 4) is 33.4 Å². The van der Waals surface area contributed by atoms with E-state index in [2.05, 4.69) is 232 Å². The third-order valence-electron chi connectivity index (χ3n) is 14.0. The van der Waals surface area contributed by atoms with Crippen LogP contribution in [0, 0.1) is 0 Å². The number of benzene rings is 10. The molecule has 0 radical (unpaired) electrons. The van der Waals surface area contributed by atoms with Crippen LogP contribution in [-0.2, 0) is 10.8 Å². The summed E-state index contributed by atoms with van der Waals surface area (Å²) in [6.07, 6.45) is 0. The highest BCUT2D eigenvalue weighted by Crippen LogP contribution is 2.63. The zero-order valence-corrected chi connectivity index (χ0v) is 35.5. The normalized spacial score (nSPS) is 13.4. The molecule has 10 aromatic carbocycles. The molecule has 0 atom stereocenters. The summed E-state index contributed by atoms with van der Waals surface area (Å²) in [5, 5.41) is 7.07. The lowest BCUT2D eigenvalue weighted by Gasteiger charge is -2.33. The number of furan rings is 1. The molecule has 1 heterocycles. The molecule has 2 heteroatoms. The molecule has 63 heavy (non-hydrogen) atoms. The first-order valence-corrected chi connectivity index (χ1v) is 22.1. The van der Waals surface area contributed by atoms with Gasteiger partial charge >= 0.3 is 0 Å². The maximum Gasteiger partial charge on any atom is 0.143 e. The topological polar surface area (TPSA) is 16.4 Å². The van der Waals surface area contributed by atoms with E-state index in [9.17, 15) is 0 Å². The van der Waals surface area contributed by atoms with Gasteiger partial charge in [0.2, 0.25) is 0 Å². The van der Waals surface area contributed by atoms with E-state index in [1.54, 1.807) is 0 Å². The van der Waals surface area contributed by atoms with Crippen LogP contribution < -0.4 is 4.90 Å². The highest BCUT2D eigenvalue weighted by atomic mass is 16.3. The monoisotopic (exact) mass is 805 g/mol. The standard InChI is InChI=1S/C61H43NO/c1-60(2,3)50-34-36-55(45-23-7-6-21-43(45)50)62(56-35-31-38-17-4-5-18-40(38)58(56)48-26-16-25-47-46-24-11-15-30-57(46)63-59(47)48)39-32-33-54-49(37-39)44-22-10-14-29-53(44)61(54)51-27-12-8-19-41(51)42-20-9-13-28-52(42)61/h4-37H,1-3H3. The summed E-state index contributed by atoms with van der Waals surface area (Å²) in [5.41, 5.74) is 18.7. The summed E-state index contributed by atoms with van der Waals surface area (Å²) >= 11 is 0. The zero-order chi connectivity index (χ0) is 42.0. The van der Waals surface area contributed by atoms with Gasteiger partial charge in [0.25, 0.3) is 0 Å². The van der Waals surface area contributed by atoms with Crippen LogP contribution in [0.1, 0.15) is 48.6 Å². The molecular formula is C61H43NO. The van der Waals surface area contributed by atoms with Gasteiger partial charge < -0.3 is 9.32 Å². The van der Waals surface area contributed by atoms with Crippen molar-refractivity contribution in [2.45, 2.75) is 31.6 Å². The summed E-state index contributed by atoms with van der Waals surface area (Å²) < 4.78 is 6.85. The Hall–Kier alpha value is -7.68. The van der Waals surface area contributed by atoms with Gasteiger partial charge in [-0.3, -0.25) is 0 Å². The fourth-order valence-corrected chi connectivity index (χ4v) is 11.4. The van der Waals surface area contributed by atoms with E-state index in [1.165, 1.54) is 71.6 Å². The van der Waals surface area contributed by atoms with E-state index in [-0.39, 0.29) is 5.41 Å². The molecule has 0 bridgehead atoms. The van der Waals surface area contributed by atoms with Crippen molar-refractivity contribution in [1.82, 2.24) is 0 Å². The largest absolute Gasteiger partial charge is 0.455 e. The van der Waals surface area contributed by atoms with Crippen LogP contribution in [0.3, 0.4) is 0 Å². The first kappa shape index (κ1) is 36.0. The minimum Gasteiger partial charge on any atom is -0.455 e. The Labute approximate surface area is 367 Å². The second kappa shape index (κ2) is 13.2. The summed E-state index contributed by atoms with van der Waals surface area (Å²) in [6, 6.07) is 76.6. The van der Waals surface area contributed by atoms with Crippen LogP contribution in [-0.4, -0.2) is 0 Å². The molecule has 11 aromatic rings. The molecular weight excluding hydrogens is 763 g/mol. The van der Waals surface area contributed by atoms with Crippen LogP contribution in [0.2, 0.25) is 0 Å². The van der Waals surface area contributed by atoms with E-state index in [4.69, 9.17) is 4.42 Å².